The smallest absolute Gasteiger partial charge is 0.230 e. The van der Waals surface area contributed by atoms with E-state index in [9.17, 15) is 4.79 Å². The van der Waals surface area contributed by atoms with Crippen LogP contribution in [-0.2, 0) is 16.1 Å². The highest BCUT2D eigenvalue weighted by Gasteiger charge is 2.12. The fourth-order valence-electron chi connectivity index (χ4n) is 3.23. The molecule has 2 aromatic carbocycles. The number of benzene rings is 2. The Bertz CT molecular complexity index is 1020. The van der Waals surface area contributed by atoms with Crippen molar-refractivity contribution in [2.75, 3.05) is 37.0 Å². The number of aromatic nitrogens is 2. The van der Waals surface area contributed by atoms with E-state index in [0.717, 1.165) is 46.8 Å². The number of rotatable bonds is 8. The van der Waals surface area contributed by atoms with Gasteiger partial charge in [-0.2, -0.15) is 0 Å². The minimum absolute atomic E-state index is 0.0239. The summed E-state index contributed by atoms with van der Waals surface area (Å²) < 4.78 is 5.41. The molecule has 166 valence electrons. The lowest BCUT2D eigenvalue weighted by Gasteiger charge is -2.28. The van der Waals surface area contributed by atoms with Gasteiger partial charge in [0.15, 0.2) is 0 Å². The minimum Gasteiger partial charge on any atom is -0.378 e. The van der Waals surface area contributed by atoms with Crippen LogP contribution in [0.2, 0.25) is 0 Å². The molecule has 0 bridgehead atoms. The number of carbonyl (C=O) groups is 1. The van der Waals surface area contributed by atoms with Crippen LogP contribution in [0, 0.1) is 6.92 Å². The van der Waals surface area contributed by atoms with Crippen LogP contribution in [0.3, 0.4) is 0 Å². The summed E-state index contributed by atoms with van der Waals surface area (Å²) in [6.07, 6.45) is 3.34. The maximum Gasteiger partial charge on any atom is 0.230 e. The molecule has 0 spiro atoms. The van der Waals surface area contributed by atoms with E-state index in [-0.39, 0.29) is 5.91 Å². The average Bonchev–Trinajstić information content (AvgIpc) is 2.84. The van der Waals surface area contributed by atoms with Crippen LogP contribution in [-0.4, -0.2) is 47.9 Å². The number of amides is 1. The number of hydrogen-bond acceptors (Lipinski definition) is 7. The van der Waals surface area contributed by atoms with Gasteiger partial charge in [-0.3, -0.25) is 4.79 Å². The quantitative estimate of drug-likeness (QED) is 0.500. The number of hydrogen-bond donors (Lipinski definition) is 1. The maximum absolute atomic E-state index is 12.4. The van der Waals surface area contributed by atoms with Crippen molar-refractivity contribution >= 4 is 35.1 Å². The van der Waals surface area contributed by atoms with Crippen molar-refractivity contribution in [2.45, 2.75) is 28.4 Å². The van der Waals surface area contributed by atoms with Gasteiger partial charge in [-0.05, 0) is 36.8 Å². The summed E-state index contributed by atoms with van der Waals surface area (Å²) in [5.74, 6) is 0.274. The van der Waals surface area contributed by atoms with Crippen molar-refractivity contribution in [3.8, 4) is 0 Å². The molecular formula is C24H26N4O2S2. The van der Waals surface area contributed by atoms with E-state index in [2.05, 4.69) is 75.6 Å². The molecule has 1 saturated heterocycles. The average molecular weight is 467 g/mol. The molecule has 1 aromatic heterocycles. The molecular weight excluding hydrogens is 440 g/mol. The number of carbonyl (C=O) groups excluding carboxylic acids is 1. The normalized spacial score (nSPS) is 13.7. The first-order valence-electron chi connectivity index (χ1n) is 10.5. The summed E-state index contributed by atoms with van der Waals surface area (Å²) in [6.45, 7) is 5.95. The summed E-state index contributed by atoms with van der Waals surface area (Å²) in [6, 6.07) is 16.6. The third-order valence-corrected chi connectivity index (χ3v) is 7.12. The molecule has 32 heavy (non-hydrogen) atoms. The van der Waals surface area contributed by atoms with Gasteiger partial charge in [-0.1, -0.05) is 53.4 Å². The van der Waals surface area contributed by atoms with Gasteiger partial charge >= 0.3 is 0 Å². The largest absolute Gasteiger partial charge is 0.378 e. The fraction of sp³-hybridized carbons (Fsp3) is 0.292. The molecule has 4 rings (SSSR count). The third kappa shape index (κ3) is 6.48. The zero-order valence-electron chi connectivity index (χ0n) is 18.0. The van der Waals surface area contributed by atoms with Gasteiger partial charge in [0.05, 0.1) is 19.0 Å². The molecule has 0 saturated carbocycles. The van der Waals surface area contributed by atoms with E-state index in [0.29, 0.717) is 12.3 Å². The lowest BCUT2D eigenvalue weighted by Crippen LogP contribution is -2.36. The summed E-state index contributed by atoms with van der Waals surface area (Å²) in [5, 5.41) is 4.57. The third-order valence-electron chi connectivity index (χ3n) is 5.01. The van der Waals surface area contributed by atoms with Crippen molar-refractivity contribution in [3.63, 3.8) is 0 Å². The number of nitrogens with zero attached hydrogens (tertiary/aromatic N) is 3. The lowest BCUT2D eigenvalue weighted by molar-refractivity contribution is -0.118. The van der Waals surface area contributed by atoms with Crippen LogP contribution in [0.1, 0.15) is 11.1 Å². The molecule has 0 atom stereocenters. The minimum atomic E-state index is -0.0239. The number of ether oxygens (including phenoxy) is 1. The molecule has 1 aliphatic rings. The van der Waals surface area contributed by atoms with Crippen molar-refractivity contribution in [1.82, 2.24) is 15.3 Å². The van der Waals surface area contributed by atoms with Crippen LogP contribution in [0.25, 0.3) is 0 Å². The monoisotopic (exact) mass is 466 g/mol. The Hall–Kier alpha value is -2.55. The van der Waals surface area contributed by atoms with E-state index in [1.807, 2.05) is 0 Å². The summed E-state index contributed by atoms with van der Waals surface area (Å²) in [5.41, 5.74) is 3.49. The van der Waals surface area contributed by atoms with Crippen molar-refractivity contribution in [2.24, 2.45) is 0 Å². The lowest BCUT2D eigenvalue weighted by atomic mass is 10.2. The highest BCUT2D eigenvalue weighted by atomic mass is 32.2. The van der Waals surface area contributed by atoms with Gasteiger partial charge in [-0.15, -0.1) is 0 Å². The standard InChI is InChI=1S/C24H26N4O2S2/c1-18-2-8-21(9-3-18)32-24-23(25-10-11-26-24)31-17-22(29)27-16-19-4-6-20(7-5-19)28-12-14-30-15-13-28/h2-11H,12-17H2,1H3,(H,27,29). The molecule has 0 unspecified atom stereocenters. The van der Waals surface area contributed by atoms with Crippen molar-refractivity contribution in [1.29, 1.82) is 0 Å². The Balaban J connectivity index is 1.26. The van der Waals surface area contributed by atoms with Gasteiger partial charge in [0, 0.05) is 42.6 Å². The fourth-order valence-corrected chi connectivity index (χ4v) is 4.96. The first kappa shape index (κ1) is 22.6. The zero-order chi connectivity index (χ0) is 22.2. The van der Waals surface area contributed by atoms with Gasteiger partial charge in [0.2, 0.25) is 5.91 Å². The summed E-state index contributed by atoms with van der Waals surface area (Å²) in [4.78, 5) is 24.7. The predicted molar refractivity (Wildman–Crippen MR) is 129 cm³/mol. The van der Waals surface area contributed by atoms with E-state index >= 15 is 0 Å². The highest BCUT2D eigenvalue weighted by molar-refractivity contribution is 8.02. The molecule has 2 heterocycles. The Morgan fingerprint density at radius 3 is 2.41 bits per heavy atom. The topological polar surface area (TPSA) is 67.4 Å². The Kier molecular flexibility index (Phi) is 8.03. The van der Waals surface area contributed by atoms with E-state index in [4.69, 9.17) is 4.74 Å². The Morgan fingerprint density at radius 2 is 1.69 bits per heavy atom. The summed E-state index contributed by atoms with van der Waals surface area (Å²) >= 11 is 2.97. The highest BCUT2D eigenvalue weighted by Crippen LogP contribution is 2.32. The van der Waals surface area contributed by atoms with E-state index in [1.54, 1.807) is 24.2 Å². The molecule has 1 N–H and O–H groups in total. The second-order valence-corrected chi connectivity index (χ2v) is 9.44. The molecule has 1 aliphatic heterocycles. The zero-order valence-corrected chi connectivity index (χ0v) is 19.6. The second kappa shape index (κ2) is 11.4. The van der Waals surface area contributed by atoms with Crippen molar-refractivity contribution in [3.05, 3.63) is 72.1 Å². The van der Waals surface area contributed by atoms with E-state index in [1.165, 1.54) is 23.0 Å². The second-order valence-electron chi connectivity index (χ2n) is 7.41. The number of nitrogens with one attached hydrogen (secondary N) is 1. The molecule has 6 nitrogen and oxygen atoms in total. The number of aryl methyl sites for hydroxylation is 1. The molecule has 3 aromatic rings. The van der Waals surface area contributed by atoms with Gasteiger partial charge in [0.25, 0.3) is 0 Å². The molecule has 1 fully saturated rings. The van der Waals surface area contributed by atoms with Gasteiger partial charge < -0.3 is 15.0 Å². The Labute approximate surface area is 197 Å². The molecule has 0 aliphatic carbocycles. The molecule has 0 radical (unpaired) electrons. The molecule has 1 amide bonds. The van der Waals surface area contributed by atoms with Crippen molar-refractivity contribution < 1.29 is 9.53 Å². The SMILES string of the molecule is Cc1ccc(Sc2nccnc2SCC(=O)NCc2ccc(N3CCOCC3)cc2)cc1. The number of morpholine rings is 1. The van der Waals surface area contributed by atoms with Crippen LogP contribution in [0.4, 0.5) is 5.69 Å². The van der Waals surface area contributed by atoms with E-state index < -0.39 is 0 Å². The van der Waals surface area contributed by atoms with Gasteiger partial charge in [0.1, 0.15) is 10.1 Å². The number of anilines is 1. The predicted octanol–water partition coefficient (Wildman–Crippen LogP) is 4.18. The van der Waals surface area contributed by atoms with Crippen LogP contribution in [0.15, 0.2) is 75.9 Å². The Morgan fingerprint density at radius 1 is 1.00 bits per heavy atom. The van der Waals surface area contributed by atoms with Crippen LogP contribution < -0.4 is 10.2 Å². The van der Waals surface area contributed by atoms with Crippen LogP contribution >= 0.6 is 23.5 Å². The molecule has 8 heteroatoms. The van der Waals surface area contributed by atoms with Crippen LogP contribution in [0.5, 0.6) is 0 Å². The maximum atomic E-state index is 12.4. The van der Waals surface area contributed by atoms with Gasteiger partial charge in [-0.25, -0.2) is 9.97 Å². The first-order chi connectivity index (χ1) is 15.7. The number of thioether (sulfide) groups is 1. The first-order valence-corrected chi connectivity index (χ1v) is 12.3. The summed E-state index contributed by atoms with van der Waals surface area (Å²) in [7, 11) is 0.